The highest BCUT2D eigenvalue weighted by Crippen LogP contribution is 2.70. The topological polar surface area (TPSA) is 34.1 Å². The van der Waals surface area contributed by atoms with E-state index < -0.39 is 5.85 Å². The van der Waals surface area contributed by atoms with Crippen LogP contribution in [0.15, 0.2) is 4.99 Å². The Hall–Kier alpha value is -0.610. The summed E-state index contributed by atoms with van der Waals surface area (Å²) in [5, 5.41) is 2.06. The van der Waals surface area contributed by atoms with Crippen molar-refractivity contribution in [1.29, 1.82) is 0 Å². The normalized spacial score (nSPS) is 53.9. The molecular formula is C15H24N2O2. The van der Waals surface area contributed by atoms with Gasteiger partial charge in [-0.3, -0.25) is 0 Å². The third-order valence-electron chi connectivity index (χ3n) is 6.59. The van der Waals surface area contributed by atoms with Crippen molar-refractivity contribution in [2.75, 3.05) is 0 Å². The van der Waals surface area contributed by atoms with Gasteiger partial charge in [-0.25, -0.2) is 4.99 Å². The molecule has 2 aliphatic heterocycles. The number of ether oxygens (including phenoxy) is 1. The lowest BCUT2D eigenvalue weighted by Gasteiger charge is -2.38. The molecule has 19 heavy (non-hydrogen) atoms. The smallest absolute Gasteiger partial charge is 0.250 e. The highest BCUT2D eigenvalue weighted by molar-refractivity contribution is 5.77. The van der Waals surface area contributed by atoms with Gasteiger partial charge in [0.15, 0.2) is 0 Å². The van der Waals surface area contributed by atoms with Crippen molar-refractivity contribution in [2.24, 2.45) is 21.7 Å². The summed E-state index contributed by atoms with van der Waals surface area (Å²) >= 11 is 0. The lowest BCUT2D eigenvalue weighted by atomic mass is 9.70. The minimum absolute atomic E-state index is 0.251. The summed E-state index contributed by atoms with van der Waals surface area (Å²) < 4.78 is 6.41. The SMILES string of the molecule is CCC1=N[C@]2(C)OC3C(C4CCC3(C)C4(C)C)N2O1. The minimum Gasteiger partial charge on any atom is -0.386 e. The molecule has 4 nitrogen and oxygen atoms in total. The van der Waals surface area contributed by atoms with Crippen molar-refractivity contribution in [3.63, 3.8) is 0 Å². The second-order valence-corrected chi connectivity index (χ2v) is 7.52. The molecule has 0 aromatic carbocycles. The van der Waals surface area contributed by atoms with Crippen molar-refractivity contribution in [2.45, 2.75) is 71.9 Å². The first kappa shape index (κ1) is 12.2. The maximum absolute atomic E-state index is 6.41. The van der Waals surface area contributed by atoms with Gasteiger partial charge in [0.25, 0.3) is 0 Å². The molecule has 4 rings (SSSR count). The first-order chi connectivity index (χ1) is 8.83. The van der Waals surface area contributed by atoms with Crippen molar-refractivity contribution in [1.82, 2.24) is 5.06 Å². The van der Waals surface area contributed by atoms with Gasteiger partial charge in [0, 0.05) is 18.8 Å². The fraction of sp³-hybridized carbons (Fsp3) is 0.933. The lowest BCUT2D eigenvalue weighted by Crippen LogP contribution is -2.45. The summed E-state index contributed by atoms with van der Waals surface area (Å²) in [7, 11) is 0. The molecule has 2 aliphatic carbocycles. The molecule has 2 saturated carbocycles. The minimum atomic E-state index is -0.582. The second kappa shape index (κ2) is 3.17. The van der Waals surface area contributed by atoms with Crippen LogP contribution in [0.25, 0.3) is 0 Å². The zero-order valence-corrected chi connectivity index (χ0v) is 12.6. The molecule has 5 atom stereocenters. The summed E-state index contributed by atoms with van der Waals surface area (Å²) in [4.78, 5) is 10.7. The fourth-order valence-corrected chi connectivity index (χ4v) is 5.04. The number of fused-ring (bicyclic) bond motifs is 7. The van der Waals surface area contributed by atoms with Gasteiger partial charge >= 0.3 is 0 Å². The van der Waals surface area contributed by atoms with E-state index in [-0.39, 0.29) is 11.5 Å². The van der Waals surface area contributed by atoms with Crippen LogP contribution in [0.2, 0.25) is 0 Å². The van der Waals surface area contributed by atoms with Gasteiger partial charge in [-0.1, -0.05) is 32.8 Å². The van der Waals surface area contributed by atoms with E-state index >= 15 is 0 Å². The van der Waals surface area contributed by atoms with E-state index in [1.807, 2.05) is 6.92 Å². The Morgan fingerprint density at radius 2 is 2.05 bits per heavy atom. The molecule has 4 heteroatoms. The van der Waals surface area contributed by atoms with Crippen LogP contribution in [-0.4, -0.2) is 29.0 Å². The molecule has 0 aromatic rings. The molecule has 4 aliphatic rings. The largest absolute Gasteiger partial charge is 0.386 e. The van der Waals surface area contributed by atoms with Gasteiger partial charge in [-0.2, -0.15) is 0 Å². The Bertz CT molecular complexity index is 475. The van der Waals surface area contributed by atoms with Gasteiger partial charge in [0.1, 0.15) is 0 Å². The maximum atomic E-state index is 6.41. The number of aliphatic imine (C=N–C) groups is 1. The van der Waals surface area contributed by atoms with Crippen molar-refractivity contribution in [3.05, 3.63) is 0 Å². The van der Waals surface area contributed by atoms with Gasteiger partial charge in [-0.15, -0.1) is 0 Å². The van der Waals surface area contributed by atoms with Crippen molar-refractivity contribution in [3.8, 4) is 0 Å². The van der Waals surface area contributed by atoms with E-state index in [9.17, 15) is 0 Å². The first-order valence-electron chi connectivity index (χ1n) is 7.57. The van der Waals surface area contributed by atoms with Gasteiger partial charge < -0.3 is 9.57 Å². The monoisotopic (exact) mass is 264 g/mol. The van der Waals surface area contributed by atoms with Crippen molar-refractivity contribution < 1.29 is 9.57 Å². The molecule has 3 fully saturated rings. The van der Waals surface area contributed by atoms with Gasteiger partial charge in [-0.05, 0) is 24.2 Å². The van der Waals surface area contributed by atoms with Crippen LogP contribution in [0.4, 0.5) is 0 Å². The van der Waals surface area contributed by atoms with Crippen LogP contribution in [0.5, 0.6) is 0 Å². The van der Waals surface area contributed by atoms with E-state index in [0.717, 1.165) is 12.3 Å². The predicted molar refractivity (Wildman–Crippen MR) is 72.3 cm³/mol. The Morgan fingerprint density at radius 3 is 2.74 bits per heavy atom. The maximum Gasteiger partial charge on any atom is 0.250 e. The van der Waals surface area contributed by atoms with Gasteiger partial charge in [0.05, 0.1) is 12.1 Å². The summed E-state index contributed by atoms with van der Waals surface area (Å²) in [6.07, 6.45) is 3.64. The lowest BCUT2D eigenvalue weighted by molar-refractivity contribution is -0.207. The van der Waals surface area contributed by atoms with Crippen molar-refractivity contribution >= 4 is 5.90 Å². The summed E-state index contributed by atoms with van der Waals surface area (Å²) in [5.41, 5.74) is 0.572. The van der Waals surface area contributed by atoms with Crippen LogP contribution in [0, 0.1) is 16.7 Å². The third-order valence-corrected chi connectivity index (χ3v) is 6.59. The molecular weight excluding hydrogens is 240 g/mol. The van der Waals surface area contributed by atoms with E-state index in [2.05, 4.69) is 37.8 Å². The number of hydrogen-bond acceptors (Lipinski definition) is 4. The molecule has 0 N–H and O–H groups in total. The van der Waals surface area contributed by atoms with E-state index in [1.54, 1.807) is 0 Å². The zero-order chi connectivity index (χ0) is 13.6. The third kappa shape index (κ3) is 1.13. The fourth-order valence-electron chi connectivity index (χ4n) is 5.04. The van der Waals surface area contributed by atoms with Crippen LogP contribution in [0.3, 0.4) is 0 Å². The van der Waals surface area contributed by atoms with Gasteiger partial charge in [0.2, 0.25) is 11.7 Å². The standard InChI is InChI=1S/C15H24N2O2/c1-6-10-16-15(5)17(19-10)11-9-7-8-14(4,12(11)18-15)13(9,2)3/h9,11-12H,6-8H2,1-5H3/t9?,11?,12?,14?,15-/m0/s1. The van der Waals surface area contributed by atoms with Crippen LogP contribution in [-0.2, 0) is 9.57 Å². The summed E-state index contributed by atoms with van der Waals surface area (Å²) in [5.74, 6) is 0.878. The predicted octanol–water partition coefficient (Wildman–Crippen LogP) is 2.94. The average molecular weight is 264 g/mol. The molecule has 0 aromatic heterocycles. The highest BCUT2D eigenvalue weighted by atomic mass is 16.8. The molecule has 1 saturated heterocycles. The number of nitrogens with zero attached hydrogens (tertiary/aromatic N) is 2. The zero-order valence-electron chi connectivity index (χ0n) is 12.6. The highest BCUT2D eigenvalue weighted by Gasteiger charge is 2.75. The number of rotatable bonds is 1. The van der Waals surface area contributed by atoms with Crippen LogP contribution < -0.4 is 0 Å². The Labute approximate surface area is 115 Å². The van der Waals surface area contributed by atoms with E-state index in [4.69, 9.17) is 9.57 Å². The molecule has 2 bridgehead atoms. The second-order valence-electron chi connectivity index (χ2n) is 7.52. The van der Waals surface area contributed by atoms with E-state index in [0.29, 0.717) is 17.4 Å². The molecule has 106 valence electrons. The Kier molecular flexibility index (Phi) is 2.03. The molecule has 0 spiro atoms. The van der Waals surface area contributed by atoms with Crippen LogP contribution in [0.1, 0.15) is 53.9 Å². The molecule has 2 heterocycles. The molecule has 0 amide bonds. The Morgan fingerprint density at radius 1 is 1.32 bits per heavy atom. The quantitative estimate of drug-likeness (QED) is 0.730. The molecule has 0 radical (unpaired) electrons. The summed E-state index contributed by atoms with van der Waals surface area (Å²) in [6, 6.07) is 0.367. The average Bonchev–Trinajstić information content (AvgIpc) is 2.91. The summed E-state index contributed by atoms with van der Waals surface area (Å²) in [6.45, 7) is 11.3. The molecule has 4 unspecified atom stereocenters. The first-order valence-corrected chi connectivity index (χ1v) is 7.57. The number of hydrogen-bond donors (Lipinski definition) is 0. The number of hydroxylamine groups is 2. The van der Waals surface area contributed by atoms with E-state index in [1.165, 1.54) is 12.8 Å². The van der Waals surface area contributed by atoms with Crippen LogP contribution >= 0.6 is 0 Å². The Balaban J connectivity index is 1.76.